The SMILES string of the molecule is Cc1cccc(N2CCN(CCC3CCC(C(C#N)C(N)=O)CC3)CC2)c1. The Labute approximate surface area is 163 Å². The molecule has 5 nitrogen and oxygen atoms in total. The molecule has 1 saturated heterocycles. The van der Waals surface area contributed by atoms with Crippen LogP contribution in [-0.4, -0.2) is 43.5 Å². The highest BCUT2D eigenvalue weighted by atomic mass is 16.1. The van der Waals surface area contributed by atoms with E-state index in [1.165, 1.54) is 17.7 Å². The molecule has 3 rings (SSSR count). The van der Waals surface area contributed by atoms with Gasteiger partial charge in [0, 0.05) is 31.9 Å². The van der Waals surface area contributed by atoms with Gasteiger partial charge >= 0.3 is 0 Å². The number of benzene rings is 1. The van der Waals surface area contributed by atoms with Gasteiger partial charge in [-0.3, -0.25) is 9.69 Å². The number of hydrogen-bond donors (Lipinski definition) is 1. The monoisotopic (exact) mass is 368 g/mol. The van der Waals surface area contributed by atoms with Crippen LogP contribution in [0.15, 0.2) is 24.3 Å². The van der Waals surface area contributed by atoms with Gasteiger partial charge in [-0.05, 0) is 62.3 Å². The second-order valence-corrected chi connectivity index (χ2v) is 8.25. The van der Waals surface area contributed by atoms with Gasteiger partial charge in [0.25, 0.3) is 0 Å². The first-order chi connectivity index (χ1) is 13.1. The van der Waals surface area contributed by atoms with Crippen LogP contribution in [0.5, 0.6) is 0 Å². The molecule has 1 aromatic carbocycles. The van der Waals surface area contributed by atoms with Crippen LogP contribution in [0, 0.1) is 36.0 Å². The van der Waals surface area contributed by atoms with Gasteiger partial charge in [0.15, 0.2) is 0 Å². The van der Waals surface area contributed by atoms with E-state index in [-0.39, 0.29) is 5.92 Å². The molecule has 27 heavy (non-hydrogen) atoms. The number of nitriles is 1. The maximum absolute atomic E-state index is 11.4. The molecule has 2 fully saturated rings. The molecule has 1 unspecified atom stereocenters. The number of aryl methyl sites for hydroxylation is 1. The van der Waals surface area contributed by atoms with Gasteiger partial charge in [-0.1, -0.05) is 25.0 Å². The van der Waals surface area contributed by atoms with Gasteiger partial charge in [0.1, 0.15) is 5.92 Å². The number of nitrogens with zero attached hydrogens (tertiary/aromatic N) is 3. The molecule has 0 spiro atoms. The number of primary amides is 1. The summed E-state index contributed by atoms with van der Waals surface area (Å²) < 4.78 is 0. The van der Waals surface area contributed by atoms with E-state index in [9.17, 15) is 4.79 Å². The highest BCUT2D eigenvalue weighted by Gasteiger charge is 2.31. The third kappa shape index (κ3) is 5.23. The number of carbonyl (C=O) groups is 1. The van der Waals surface area contributed by atoms with E-state index in [1.807, 2.05) is 0 Å². The Bertz CT molecular complexity index is 667. The maximum atomic E-state index is 11.4. The number of piperazine rings is 1. The van der Waals surface area contributed by atoms with Gasteiger partial charge in [0.05, 0.1) is 6.07 Å². The first-order valence-corrected chi connectivity index (χ1v) is 10.3. The minimum Gasteiger partial charge on any atom is -0.369 e. The summed E-state index contributed by atoms with van der Waals surface area (Å²) in [6, 6.07) is 10.9. The van der Waals surface area contributed by atoms with Crippen molar-refractivity contribution in [3.63, 3.8) is 0 Å². The zero-order chi connectivity index (χ0) is 19.2. The summed E-state index contributed by atoms with van der Waals surface area (Å²) in [5.41, 5.74) is 8.02. The Morgan fingerprint density at radius 3 is 2.52 bits per heavy atom. The van der Waals surface area contributed by atoms with Crippen molar-refractivity contribution in [1.29, 1.82) is 5.26 Å². The van der Waals surface area contributed by atoms with Gasteiger partial charge in [-0.2, -0.15) is 5.26 Å². The molecular weight excluding hydrogens is 336 g/mol. The molecule has 0 aromatic heterocycles. The Kier molecular flexibility index (Phi) is 6.73. The van der Waals surface area contributed by atoms with Crippen LogP contribution in [0.1, 0.15) is 37.7 Å². The van der Waals surface area contributed by atoms with Crippen molar-refractivity contribution in [2.75, 3.05) is 37.6 Å². The predicted octanol–water partition coefficient (Wildman–Crippen LogP) is 2.94. The molecule has 1 aromatic rings. The smallest absolute Gasteiger partial charge is 0.235 e. The second kappa shape index (κ2) is 9.23. The first kappa shape index (κ1) is 19.7. The van der Waals surface area contributed by atoms with Crippen LogP contribution in [0.4, 0.5) is 5.69 Å². The lowest BCUT2D eigenvalue weighted by Gasteiger charge is -2.37. The number of rotatable bonds is 6. The van der Waals surface area contributed by atoms with E-state index in [4.69, 9.17) is 11.0 Å². The third-order valence-electron chi connectivity index (χ3n) is 6.40. The summed E-state index contributed by atoms with van der Waals surface area (Å²) in [6.07, 6.45) is 5.41. The molecular formula is C22H32N4O. The molecule has 1 atom stereocenters. The van der Waals surface area contributed by atoms with Gasteiger partial charge < -0.3 is 10.6 Å². The van der Waals surface area contributed by atoms with E-state index in [0.29, 0.717) is 0 Å². The summed E-state index contributed by atoms with van der Waals surface area (Å²) in [5.74, 6) is -0.155. The van der Waals surface area contributed by atoms with Crippen molar-refractivity contribution in [2.45, 2.75) is 39.0 Å². The summed E-state index contributed by atoms with van der Waals surface area (Å²) in [7, 11) is 0. The van der Waals surface area contributed by atoms with Crippen LogP contribution in [0.3, 0.4) is 0 Å². The van der Waals surface area contributed by atoms with Crippen molar-refractivity contribution in [2.24, 2.45) is 23.5 Å². The largest absolute Gasteiger partial charge is 0.369 e. The van der Waals surface area contributed by atoms with Gasteiger partial charge in [-0.15, -0.1) is 0 Å². The zero-order valence-electron chi connectivity index (χ0n) is 16.4. The molecule has 2 N–H and O–H groups in total. The standard InChI is InChI=1S/C22H32N4O/c1-17-3-2-4-20(15-17)26-13-11-25(12-14-26)10-9-18-5-7-19(8-6-18)21(16-23)22(24)27/h2-4,15,18-19,21H,5-14H2,1H3,(H2,24,27). The van der Waals surface area contributed by atoms with E-state index in [0.717, 1.165) is 64.3 Å². The van der Waals surface area contributed by atoms with Crippen molar-refractivity contribution in [3.8, 4) is 6.07 Å². The number of amides is 1. The summed E-state index contributed by atoms with van der Waals surface area (Å²) in [4.78, 5) is 16.5. The molecule has 1 saturated carbocycles. The highest BCUT2D eigenvalue weighted by molar-refractivity contribution is 5.79. The number of nitrogens with two attached hydrogens (primary N) is 1. The lowest BCUT2D eigenvalue weighted by atomic mass is 9.75. The van der Waals surface area contributed by atoms with Crippen molar-refractivity contribution < 1.29 is 4.79 Å². The zero-order valence-corrected chi connectivity index (χ0v) is 16.4. The average Bonchev–Trinajstić information content (AvgIpc) is 2.68. The second-order valence-electron chi connectivity index (χ2n) is 8.25. The van der Waals surface area contributed by atoms with Crippen molar-refractivity contribution in [3.05, 3.63) is 29.8 Å². The molecule has 146 valence electrons. The Morgan fingerprint density at radius 1 is 1.22 bits per heavy atom. The van der Waals surface area contributed by atoms with E-state index in [1.54, 1.807) is 0 Å². The molecule has 1 heterocycles. The van der Waals surface area contributed by atoms with E-state index < -0.39 is 11.8 Å². The van der Waals surface area contributed by atoms with Crippen LogP contribution in [-0.2, 0) is 4.79 Å². The molecule has 1 aliphatic carbocycles. The lowest BCUT2D eigenvalue weighted by molar-refractivity contribution is -0.122. The molecule has 2 aliphatic rings. The van der Waals surface area contributed by atoms with Crippen LogP contribution < -0.4 is 10.6 Å². The number of anilines is 1. The van der Waals surface area contributed by atoms with Crippen molar-refractivity contribution in [1.82, 2.24) is 4.90 Å². The number of hydrogen-bond acceptors (Lipinski definition) is 4. The van der Waals surface area contributed by atoms with Crippen LogP contribution >= 0.6 is 0 Å². The summed E-state index contributed by atoms with van der Waals surface area (Å²) in [5, 5.41) is 9.15. The maximum Gasteiger partial charge on any atom is 0.235 e. The lowest BCUT2D eigenvalue weighted by Crippen LogP contribution is -2.47. The molecule has 1 amide bonds. The minimum atomic E-state index is -0.597. The average molecular weight is 369 g/mol. The predicted molar refractivity (Wildman–Crippen MR) is 108 cm³/mol. The number of carbonyl (C=O) groups excluding carboxylic acids is 1. The quantitative estimate of drug-likeness (QED) is 0.838. The first-order valence-electron chi connectivity index (χ1n) is 10.3. The van der Waals surface area contributed by atoms with Gasteiger partial charge in [0.2, 0.25) is 5.91 Å². The summed E-state index contributed by atoms with van der Waals surface area (Å²) >= 11 is 0. The molecule has 0 bridgehead atoms. The molecule has 1 aliphatic heterocycles. The Hall–Kier alpha value is -2.06. The van der Waals surface area contributed by atoms with E-state index in [2.05, 4.69) is 47.1 Å². The molecule has 0 radical (unpaired) electrons. The Balaban J connectivity index is 1.37. The normalized spacial score (nSPS) is 25.0. The minimum absolute atomic E-state index is 0.168. The summed E-state index contributed by atoms with van der Waals surface area (Å²) in [6.45, 7) is 7.76. The fraction of sp³-hybridized carbons (Fsp3) is 0.636. The van der Waals surface area contributed by atoms with E-state index >= 15 is 0 Å². The fourth-order valence-electron chi connectivity index (χ4n) is 4.63. The van der Waals surface area contributed by atoms with Crippen LogP contribution in [0.2, 0.25) is 0 Å². The van der Waals surface area contributed by atoms with Gasteiger partial charge in [-0.25, -0.2) is 0 Å². The van der Waals surface area contributed by atoms with Crippen molar-refractivity contribution >= 4 is 11.6 Å². The Morgan fingerprint density at radius 2 is 1.93 bits per heavy atom. The van der Waals surface area contributed by atoms with Crippen LogP contribution in [0.25, 0.3) is 0 Å². The topological polar surface area (TPSA) is 73.4 Å². The fourth-order valence-corrected chi connectivity index (χ4v) is 4.63. The highest BCUT2D eigenvalue weighted by Crippen LogP contribution is 2.35. The third-order valence-corrected chi connectivity index (χ3v) is 6.40. The molecule has 5 heteroatoms.